The first-order chi connectivity index (χ1) is 29.3. The van der Waals surface area contributed by atoms with E-state index in [1.165, 1.54) is 11.1 Å². The van der Waals surface area contributed by atoms with Crippen LogP contribution in [0.3, 0.4) is 0 Å². The van der Waals surface area contributed by atoms with Gasteiger partial charge in [0.05, 0.1) is 79.8 Å². The Hall–Kier alpha value is -7.84. The second kappa shape index (κ2) is 20.0. The standard InChI is InChI=1S/2C26H22N4/c2*1-19-3-5-21(6-4-19)28-23-11-13-25(14-12-23)30-26-17-15-24(16-18-26)29-22-9-7-20(27-2)8-10-22/h2*3-18H,1-2H3. The first-order valence-electron chi connectivity index (χ1n) is 19.6. The van der Waals surface area contributed by atoms with Crippen molar-refractivity contribution >= 4 is 79.8 Å². The molecule has 0 saturated heterocycles. The zero-order valence-electron chi connectivity index (χ0n) is 34.1. The highest BCUT2D eigenvalue weighted by Crippen LogP contribution is 2.23. The number of allylic oxidation sites excluding steroid dienone is 16. The van der Waals surface area contributed by atoms with Gasteiger partial charge in [-0.15, -0.1) is 0 Å². The third-order valence-electron chi connectivity index (χ3n) is 9.23. The smallest absolute Gasteiger partial charge is 0.0638 e. The van der Waals surface area contributed by atoms with Crippen molar-refractivity contribution in [2.75, 3.05) is 14.1 Å². The van der Waals surface area contributed by atoms with E-state index in [0.717, 1.165) is 79.8 Å². The minimum absolute atomic E-state index is 0.886. The second-order valence-electron chi connectivity index (χ2n) is 13.9. The Kier molecular flexibility index (Phi) is 13.5. The first kappa shape index (κ1) is 40.4. The van der Waals surface area contributed by atoms with E-state index in [2.05, 4.69) is 78.1 Å². The molecule has 0 radical (unpaired) electrons. The topological polar surface area (TPSA) is 98.9 Å². The van der Waals surface area contributed by atoms with Gasteiger partial charge in [-0.2, -0.15) is 0 Å². The third kappa shape index (κ3) is 12.1. The molecule has 4 aromatic rings. The lowest BCUT2D eigenvalue weighted by Gasteiger charge is -2.04. The number of rotatable bonds is 6. The summed E-state index contributed by atoms with van der Waals surface area (Å²) in [6.07, 6.45) is 31.5. The van der Waals surface area contributed by atoms with Crippen LogP contribution in [0.2, 0.25) is 0 Å². The summed E-state index contributed by atoms with van der Waals surface area (Å²) >= 11 is 0. The highest BCUT2D eigenvalue weighted by atomic mass is 14.8. The molecule has 0 aliphatic heterocycles. The summed E-state index contributed by atoms with van der Waals surface area (Å²) in [6, 6.07) is 32.1. The Bertz CT molecular complexity index is 2450. The summed E-state index contributed by atoms with van der Waals surface area (Å²) in [4.78, 5) is 36.1. The fraction of sp³-hybridized carbons (Fsp3) is 0.0769. The lowest BCUT2D eigenvalue weighted by Crippen LogP contribution is -1.99. The summed E-state index contributed by atoms with van der Waals surface area (Å²) in [5, 5.41) is 0. The molecule has 4 aromatic carbocycles. The van der Waals surface area contributed by atoms with Crippen molar-refractivity contribution in [3.63, 3.8) is 0 Å². The summed E-state index contributed by atoms with van der Waals surface area (Å²) in [5.74, 6) is 0. The molecule has 0 unspecified atom stereocenters. The molecule has 0 heterocycles. The van der Waals surface area contributed by atoms with Gasteiger partial charge >= 0.3 is 0 Å². The predicted octanol–water partition coefficient (Wildman–Crippen LogP) is 12.5. The van der Waals surface area contributed by atoms with E-state index in [0.29, 0.717) is 0 Å². The number of benzene rings is 4. The molecule has 60 heavy (non-hydrogen) atoms. The molecular weight excluding hydrogens is 737 g/mol. The van der Waals surface area contributed by atoms with E-state index >= 15 is 0 Å². The van der Waals surface area contributed by atoms with Gasteiger partial charge in [0.25, 0.3) is 0 Å². The molecule has 0 N–H and O–H groups in total. The monoisotopic (exact) mass is 780 g/mol. The number of aryl methyl sites for hydroxylation is 2. The minimum Gasteiger partial charge on any atom is -0.289 e. The quantitative estimate of drug-likeness (QED) is 0.174. The van der Waals surface area contributed by atoms with E-state index in [1.807, 2.05) is 170 Å². The van der Waals surface area contributed by atoms with Crippen LogP contribution in [0, 0.1) is 13.8 Å². The number of nitrogens with zero attached hydrogens (tertiary/aromatic N) is 8. The summed E-state index contributed by atoms with van der Waals surface area (Å²) in [5.41, 5.74) is 15.2. The molecule has 4 aliphatic carbocycles. The largest absolute Gasteiger partial charge is 0.289 e. The Morgan fingerprint density at radius 2 is 0.367 bits per heavy atom. The van der Waals surface area contributed by atoms with Crippen LogP contribution < -0.4 is 0 Å². The van der Waals surface area contributed by atoms with Crippen LogP contribution in [0.25, 0.3) is 0 Å². The van der Waals surface area contributed by atoms with Gasteiger partial charge in [0.1, 0.15) is 0 Å². The van der Waals surface area contributed by atoms with Crippen LogP contribution in [0.4, 0.5) is 34.1 Å². The molecule has 8 nitrogen and oxygen atoms in total. The second-order valence-corrected chi connectivity index (χ2v) is 13.9. The van der Waals surface area contributed by atoms with Crippen LogP contribution in [0.5, 0.6) is 0 Å². The molecule has 0 aromatic heterocycles. The maximum Gasteiger partial charge on any atom is 0.0638 e. The van der Waals surface area contributed by atoms with Gasteiger partial charge in [-0.05, 0) is 184 Å². The molecule has 4 aliphatic rings. The lowest BCUT2D eigenvalue weighted by atomic mass is 10.1. The van der Waals surface area contributed by atoms with E-state index in [1.54, 1.807) is 14.1 Å². The van der Waals surface area contributed by atoms with Crippen molar-refractivity contribution in [2.24, 2.45) is 39.9 Å². The molecule has 8 heteroatoms. The molecule has 0 amide bonds. The van der Waals surface area contributed by atoms with Crippen molar-refractivity contribution in [3.05, 3.63) is 205 Å². The fourth-order valence-corrected chi connectivity index (χ4v) is 5.89. The number of hydrogen-bond donors (Lipinski definition) is 0. The van der Waals surface area contributed by atoms with Crippen molar-refractivity contribution in [1.29, 1.82) is 0 Å². The average Bonchev–Trinajstić information content (AvgIpc) is 3.29. The summed E-state index contributed by atoms with van der Waals surface area (Å²) in [7, 11) is 3.56. The third-order valence-corrected chi connectivity index (χ3v) is 9.23. The fourth-order valence-electron chi connectivity index (χ4n) is 5.89. The first-order valence-corrected chi connectivity index (χ1v) is 19.6. The van der Waals surface area contributed by atoms with Crippen molar-refractivity contribution in [2.45, 2.75) is 13.8 Å². The van der Waals surface area contributed by atoms with Gasteiger partial charge in [0, 0.05) is 14.1 Å². The van der Waals surface area contributed by atoms with E-state index in [-0.39, 0.29) is 0 Å². The number of hydrogen-bond acceptors (Lipinski definition) is 8. The molecule has 0 saturated carbocycles. The predicted molar refractivity (Wildman–Crippen MR) is 258 cm³/mol. The normalized spacial score (nSPS) is 14.9. The van der Waals surface area contributed by atoms with Gasteiger partial charge in [-0.1, -0.05) is 35.4 Å². The van der Waals surface area contributed by atoms with Gasteiger partial charge in [-0.25, -0.2) is 30.0 Å². The van der Waals surface area contributed by atoms with Crippen molar-refractivity contribution < 1.29 is 0 Å². The minimum atomic E-state index is 0.886. The highest BCUT2D eigenvalue weighted by molar-refractivity contribution is 6.21. The Labute approximate surface area is 351 Å². The highest BCUT2D eigenvalue weighted by Gasteiger charge is 2.04. The summed E-state index contributed by atoms with van der Waals surface area (Å²) < 4.78 is 0. The van der Waals surface area contributed by atoms with Crippen LogP contribution in [0.15, 0.2) is 234 Å². The van der Waals surface area contributed by atoms with Crippen molar-refractivity contribution in [1.82, 2.24) is 0 Å². The zero-order valence-corrected chi connectivity index (χ0v) is 34.1. The number of aliphatic imine (C=N–C) groups is 8. The molecule has 0 fully saturated rings. The van der Waals surface area contributed by atoms with Gasteiger partial charge < -0.3 is 0 Å². The Morgan fingerprint density at radius 1 is 0.217 bits per heavy atom. The molecule has 0 spiro atoms. The van der Waals surface area contributed by atoms with Crippen LogP contribution in [0.1, 0.15) is 11.1 Å². The SMILES string of the molecule is CN=C1C=CC(=Nc2ccc(N=C3C=CC(=Nc4ccc(C)cc4)C=C3)cc2)C=C1.CN=C1C=CC(=Nc2ccc(N=C3C=CC(=Nc4ccc(C)cc4)C=C3)cc2)C=C1. The van der Waals surface area contributed by atoms with E-state index in [9.17, 15) is 0 Å². The molecule has 292 valence electrons. The average molecular weight is 781 g/mol. The zero-order chi connectivity index (χ0) is 41.5. The lowest BCUT2D eigenvalue weighted by molar-refractivity contribution is 1.43. The van der Waals surface area contributed by atoms with Gasteiger partial charge in [0.15, 0.2) is 0 Å². The van der Waals surface area contributed by atoms with Crippen LogP contribution in [-0.4, -0.2) is 59.8 Å². The maximum atomic E-state index is 4.68. The molecule has 0 bridgehead atoms. The molecule has 8 rings (SSSR count). The Morgan fingerprint density at radius 3 is 0.533 bits per heavy atom. The van der Waals surface area contributed by atoms with Crippen LogP contribution in [-0.2, 0) is 0 Å². The van der Waals surface area contributed by atoms with Crippen molar-refractivity contribution in [3.8, 4) is 0 Å². The van der Waals surface area contributed by atoms with Gasteiger partial charge in [0.2, 0.25) is 0 Å². The van der Waals surface area contributed by atoms with E-state index < -0.39 is 0 Å². The molecule has 0 atom stereocenters. The molecular formula is C52H44N8. The van der Waals surface area contributed by atoms with Gasteiger partial charge in [-0.3, -0.25) is 9.98 Å². The van der Waals surface area contributed by atoms with Crippen LogP contribution >= 0.6 is 0 Å². The summed E-state index contributed by atoms with van der Waals surface area (Å²) in [6.45, 7) is 4.14. The van der Waals surface area contributed by atoms with E-state index in [4.69, 9.17) is 0 Å². The Balaban J connectivity index is 0.000000181. The maximum absolute atomic E-state index is 4.68.